The second kappa shape index (κ2) is 8.15. The van der Waals surface area contributed by atoms with Crippen molar-refractivity contribution in [3.05, 3.63) is 65.2 Å². The Morgan fingerprint density at radius 1 is 1.00 bits per heavy atom. The molecule has 26 heavy (non-hydrogen) atoms. The van der Waals surface area contributed by atoms with Gasteiger partial charge < -0.3 is 15.0 Å². The van der Waals surface area contributed by atoms with Crippen LogP contribution in [-0.4, -0.2) is 43.0 Å². The number of hydrogen-bond donors (Lipinski definition) is 1. The second-order valence-electron chi connectivity index (χ2n) is 6.68. The molecule has 0 unspecified atom stereocenters. The summed E-state index contributed by atoms with van der Waals surface area (Å²) < 4.78 is 5.30. The zero-order valence-electron chi connectivity index (χ0n) is 15.2. The van der Waals surface area contributed by atoms with E-state index in [1.807, 2.05) is 30.3 Å². The van der Waals surface area contributed by atoms with Gasteiger partial charge in [-0.15, -0.1) is 0 Å². The van der Waals surface area contributed by atoms with E-state index in [0.717, 1.165) is 0 Å². The minimum absolute atomic E-state index is 0.0839. The third kappa shape index (κ3) is 4.11. The minimum Gasteiger partial charge on any atom is -0.378 e. The van der Waals surface area contributed by atoms with Crippen molar-refractivity contribution < 1.29 is 14.3 Å². The lowest BCUT2D eigenvalue weighted by Crippen LogP contribution is -2.41. The maximum atomic E-state index is 12.8. The van der Waals surface area contributed by atoms with Gasteiger partial charge in [-0.2, -0.15) is 0 Å². The molecule has 2 aromatic rings. The van der Waals surface area contributed by atoms with E-state index in [4.69, 9.17) is 4.74 Å². The smallest absolute Gasteiger partial charge is 0.256 e. The van der Waals surface area contributed by atoms with Crippen LogP contribution in [0.15, 0.2) is 48.5 Å². The molecule has 1 N–H and O–H groups in total. The molecule has 1 heterocycles. The molecule has 1 fully saturated rings. The molecule has 0 bridgehead atoms. The topological polar surface area (TPSA) is 58.6 Å². The molecule has 0 atom stereocenters. The predicted molar refractivity (Wildman–Crippen MR) is 102 cm³/mol. The Hall–Kier alpha value is -2.66. The highest BCUT2D eigenvalue weighted by Crippen LogP contribution is 2.20. The first kappa shape index (κ1) is 18.1. The first-order chi connectivity index (χ1) is 12.6. The molecular formula is C21H24N2O3. The first-order valence-corrected chi connectivity index (χ1v) is 8.93. The normalized spacial score (nSPS) is 14.3. The summed E-state index contributed by atoms with van der Waals surface area (Å²) in [6.45, 7) is 6.45. The van der Waals surface area contributed by atoms with Crippen molar-refractivity contribution >= 4 is 17.5 Å². The van der Waals surface area contributed by atoms with Gasteiger partial charge in [0.25, 0.3) is 11.8 Å². The number of anilines is 1. The molecule has 0 spiro atoms. The number of nitrogens with zero attached hydrogens (tertiary/aromatic N) is 1. The molecule has 2 aromatic carbocycles. The number of morpholine rings is 1. The number of hydrogen-bond acceptors (Lipinski definition) is 3. The summed E-state index contributed by atoms with van der Waals surface area (Å²) in [5, 5.41) is 2.88. The molecule has 2 amide bonds. The van der Waals surface area contributed by atoms with E-state index >= 15 is 0 Å². The van der Waals surface area contributed by atoms with Crippen molar-refractivity contribution in [2.45, 2.75) is 19.8 Å². The van der Waals surface area contributed by atoms with Gasteiger partial charge in [0.1, 0.15) is 0 Å². The summed E-state index contributed by atoms with van der Waals surface area (Å²) in [5.74, 6) is 0.112. The largest absolute Gasteiger partial charge is 0.378 e. The van der Waals surface area contributed by atoms with Crippen LogP contribution in [0.3, 0.4) is 0 Å². The van der Waals surface area contributed by atoms with Crippen LogP contribution < -0.4 is 5.32 Å². The number of rotatable bonds is 4. The highest BCUT2D eigenvalue weighted by Gasteiger charge is 2.21. The summed E-state index contributed by atoms with van der Waals surface area (Å²) in [7, 11) is 0. The Morgan fingerprint density at radius 3 is 2.31 bits per heavy atom. The molecule has 5 heteroatoms. The predicted octanol–water partition coefficient (Wildman–Crippen LogP) is 3.53. The zero-order valence-corrected chi connectivity index (χ0v) is 15.2. The van der Waals surface area contributed by atoms with Crippen molar-refractivity contribution in [1.29, 1.82) is 0 Å². The van der Waals surface area contributed by atoms with Gasteiger partial charge in [0.05, 0.1) is 24.5 Å². The van der Waals surface area contributed by atoms with E-state index in [-0.39, 0.29) is 11.8 Å². The lowest BCUT2D eigenvalue weighted by Gasteiger charge is -2.27. The standard InChI is InChI=1S/C21H24N2O3/c1-15(2)16-7-9-17(10-8-16)20(24)22-19-6-4-3-5-18(19)21(25)23-11-13-26-14-12-23/h3-10,15H,11-14H2,1-2H3,(H,22,24). The van der Waals surface area contributed by atoms with E-state index in [9.17, 15) is 9.59 Å². The van der Waals surface area contributed by atoms with Crippen LogP contribution in [0.1, 0.15) is 46.0 Å². The Balaban J connectivity index is 1.77. The van der Waals surface area contributed by atoms with E-state index in [0.29, 0.717) is 49.0 Å². The average molecular weight is 352 g/mol. The molecule has 0 aromatic heterocycles. The molecular weight excluding hydrogens is 328 g/mol. The fourth-order valence-electron chi connectivity index (χ4n) is 2.93. The summed E-state index contributed by atoms with van der Waals surface area (Å²) in [6, 6.07) is 14.7. The summed E-state index contributed by atoms with van der Waals surface area (Å²) in [5.41, 5.74) is 2.79. The molecule has 1 aliphatic rings. The van der Waals surface area contributed by atoms with Crippen molar-refractivity contribution in [2.75, 3.05) is 31.6 Å². The molecule has 0 aliphatic carbocycles. The number of ether oxygens (including phenoxy) is 1. The van der Waals surface area contributed by atoms with Crippen LogP contribution in [0.2, 0.25) is 0 Å². The summed E-state index contributed by atoms with van der Waals surface area (Å²) in [6.07, 6.45) is 0. The van der Waals surface area contributed by atoms with Gasteiger partial charge in [-0.1, -0.05) is 38.1 Å². The van der Waals surface area contributed by atoms with Crippen LogP contribution in [-0.2, 0) is 4.74 Å². The van der Waals surface area contributed by atoms with Gasteiger partial charge in [0.15, 0.2) is 0 Å². The highest BCUT2D eigenvalue weighted by atomic mass is 16.5. The quantitative estimate of drug-likeness (QED) is 0.916. The van der Waals surface area contributed by atoms with Crippen LogP contribution >= 0.6 is 0 Å². The molecule has 1 aliphatic heterocycles. The number of benzene rings is 2. The zero-order chi connectivity index (χ0) is 18.5. The molecule has 1 saturated heterocycles. The van der Waals surface area contributed by atoms with Crippen molar-refractivity contribution in [1.82, 2.24) is 4.90 Å². The monoisotopic (exact) mass is 352 g/mol. The number of carbonyl (C=O) groups is 2. The summed E-state index contributed by atoms with van der Waals surface area (Å²) >= 11 is 0. The van der Waals surface area contributed by atoms with Crippen LogP contribution in [0, 0.1) is 0 Å². The Morgan fingerprint density at radius 2 is 1.65 bits per heavy atom. The SMILES string of the molecule is CC(C)c1ccc(C(=O)Nc2ccccc2C(=O)N2CCOCC2)cc1. The Bertz CT molecular complexity index is 778. The van der Waals surface area contributed by atoms with Crippen molar-refractivity contribution in [3.8, 4) is 0 Å². The second-order valence-corrected chi connectivity index (χ2v) is 6.68. The van der Waals surface area contributed by atoms with Gasteiger partial charge in [-0.3, -0.25) is 9.59 Å². The average Bonchev–Trinajstić information content (AvgIpc) is 2.68. The Kier molecular flexibility index (Phi) is 5.68. The number of nitrogens with one attached hydrogen (secondary N) is 1. The number of carbonyl (C=O) groups excluding carboxylic acids is 2. The lowest BCUT2D eigenvalue weighted by atomic mass is 10.0. The fraction of sp³-hybridized carbons (Fsp3) is 0.333. The lowest BCUT2D eigenvalue weighted by molar-refractivity contribution is 0.0303. The van der Waals surface area contributed by atoms with E-state index in [1.165, 1.54) is 5.56 Å². The molecule has 5 nitrogen and oxygen atoms in total. The number of para-hydroxylation sites is 1. The summed E-state index contributed by atoms with van der Waals surface area (Å²) in [4.78, 5) is 27.1. The van der Waals surface area contributed by atoms with Crippen molar-refractivity contribution in [2.24, 2.45) is 0 Å². The highest BCUT2D eigenvalue weighted by molar-refractivity contribution is 6.09. The Labute approximate surface area is 154 Å². The van der Waals surface area contributed by atoms with Gasteiger partial charge in [0, 0.05) is 18.7 Å². The van der Waals surface area contributed by atoms with Crippen molar-refractivity contribution in [3.63, 3.8) is 0 Å². The van der Waals surface area contributed by atoms with Gasteiger partial charge >= 0.3 is 0 Å². The van der Waals surface area contributed by atoms with Gasteiger partial charge in [0.2, 0.25) is 0 Å². The van der Waals surface area contributed by atoms with Gasteiger partial charge in [-0.05, 0) is 35.7 Å². The first-order valence-electron chi connectivity index (χ1n) is 8.93. The minimum atomic E-state index is -0.220. The molecule has 136 valence electrons. The van der Waals surface area contributed by atoms with Crippen LogP contribution in [0.25, 0.3) is 0 Å². The van der Waals surface area contributed by atoms with Crippen LogP contribution in [0.4, 0.5) is 5.69 Å². The molecule has 0 saturated carbocycles. The van der Waals surface area contributed by atoms with E-state index in [2.05, 4.69) is 19.2 Å². The number of amides is 2. The molecule has 3 rings (SSSR count). The van der Waals surface area contributed by atoms with Crippen LogP contribution in [0.5, 0.6) is 0 Å². The van der Waals surface area contributed by atoms with E-state index < -0.39 is 0 Å². The third-order valence-corrected chi connectivity index (χ3v) is 4.54. The maximum absolute atomic E-state index is 12.8. The van der Waals surface area contributed by atoms with Gasteiger partial charge in [-0.25, -0.2) is 0 Å². The third-order valence-electron chi connectivity index (χ3n) is 4.54. The molecule has 0 radical (unpaired) electrons. The maximum Gasteiger partial charge on any atom is 0.256 e. The van der Waals surface area contributed by atoms with E-state index in [1.54, 1.807) is 23.1 Å². The fourth-order valence-corrected chi connectivity index (χ4v) is 2.93.